The van der Waals surface area contributed by atoms with Crippen LogP contribution in [-0.2, 0) is 6.54 Å². The van der Waals surface area contributed by atoms with E-state index in [1.807, 2.05) is 0 Å². The Balaban J connectivity index is 2.22. The van der Waals surface area contributed by atoms with Crippen LogP contribution in [0.1, 0.15) is 19.4 Å². The third-order valence-electron chi connectivity index (χ3n) is 3.91. The summed E-state index contributed by atoms with van der Waals surface area (Å²) in [4.78, 5) is 4.92. The normalized spacial score (nSPS) is 26.2. The number of hydrogen-bond acceptors (Lipinski definition) is 3. The molecule has 1 heterocycles. The molecule has 1 fully saturated rings. The van der Waals surface area contributed by atoms with E-state index in [9.17, 15) is 0 Å². The first kappa shape index (κ1) is 12.4. The van der Waals surface area contributed by atoms with Crippen LogP contribution < -0.4 is 10.6 Å². The molecule has 1 aliphatic rings. The van der Waals surface area contributed by atoms with E-state index in [1.54, 1.807) is 0 Å². The van der Waals surface area contributed by atoms with Crippen LogP contribution in [-0.4, -0.2) is 37.1 Å². The summed E-state index contributed by atoms with van der Waals surface area (Å²) < 4.78 is 0. The maximum absolute atomic E-state index is 5.82. The lowest BCUT2D eigenvalue weighted by Crippen LogP contribution is -2.55. The summed E-state index contributed by atoms with van der Waals surface area (Å²) in [6.07, 6.45) is 0. The Labute approximate surface area is 104 Å². The summed E-state index contributed by atoms with van der Waals surface area (Å²) in [6, 6.07) is 9.65. The first-order valence-corrected chi connectivity index (χ1v) is 6.38. The molecule has 0 bridgehead atoms. The fourth-order valence-electron chi connectivity index (χ4n) is 2.59. The Morgan fingerprint density at radius 1 is 1.18 bits per heavy atom. The molecule has 1 aromatic rings. The highest BCUT2D eigenvalue weighted by molar-refractivity contribution is 5.54. The Kier molecular flexibility index (Phi) is 3.69. The van der Waals surface area contributed by atoms with E-state index in [0.717, 1.165) is 13.1 Å². The second-order valence-corrected chi connectivity index (χ2v) is 5.10. The van der Waals surface area contributed by atoms with Gasteiger partial charge in [-0.05, 0) is 32.5 Å². The largest absolute Gasteiger partial charge is 0.368 e. The number of likely N-dealkylation sites (N-methyl/N-ethyl adjacent to an activating group) is 1. The molecule has 2 N–H and O–H groups in total. The highest BCUT2D eigenvalue weighted by Crippen LogP contribution is 2.24. The molecule has 1 saturated heterocycles. The lowest BCUT2D eigenvalue weighted by molar-refractivity contribution is 0.170. The van der Waals surface area contributed by atoms with Crippen molar-refractivity contribution in [2.45, 2.75) is 32.5 Å². The fourth-order valence-corrected chi connectivity index (χ4v) is 2.59. The van der Waals surface area contributed by atoms with Gasteiger partial charge in [0, 0.05) is 37.4 Å². The minimum Gasteiger partial charge on any atom is -0.368 e. The molecule has 17 heavy (non-hydrogen) atoms. The van der Waals surface area contributed by atoms with Gasteiger partial charge in [0.05, 0.1) is 0 Å². The molecule has 0 radical (unpaired) electrons. The van der Waals surface area contributed by atoms with E-state index < -0.39 is 0 Å². The minimum atomic E-state index is 0.588. The molecule has 1 aromatic carbocycles. The van der Waals surface area contributed by atoms with Crippen molar-refractivity contribution in [2.75, 3.05) is 25.0 Å². The van der Waals surface area contributed by atoms with Crippen molar-refractivity contribution in [3.8, 4) is 0 Å². The maximum Gasteiger partial charge on any atom is 0.0412 e. The first-order valence-electron chi connectivity index (χ1n) is 6.38. The summed E-state index contributed by atoms with van der Waals surface area (Å²) in [7, 11) is 2.21. The Morgan fingerprint density at radius 3 is 2.35 bits per heavy atom. The van der Waals surface area contributed by atoms with Crippen LogP contribution in [0, 0.1) is 0 Å². The quantitative estimate of drug-likeness (QED) is 0.843. The zero-order valence-electron chi connectivity index (χ0n) is 11.1. The van der Waals surface area contributed by atoms with Gasteiger partial charge in [0.1, 0.15) is 0 Å². The highest BCUT2D eigenvalue weighted by Gasteiger charge is 2.27. The summed E-state index contributed by atoms with van der Waals surface area (Å²) in [6.45, 7) is 7.35. The molecule has 0 saturated carbocycles. The molecule has 2 atom stereocenters. The molecule has 0 amide bonds. The predicted octanol–water partition coefficient (Wildman–Crippen LogP) is 1.67. The van der Waals surface area contributed by atoms with Crippen molar-refractivity contribution in [1.29, 1.82) is 0 Å². The molecule has 0 spiro atoms. The third-order valence-corrected chi connectivity index (χ3v) is 3.91. The second-order valence-electron chi connectivity index (χ2n) is 5.10. The molecule has 94 valence electrons. The molecule has 0 aliphatic carbocycles. The summed E-state index contributed by atoms with van der Waals surface area (Å²) >= 11 is 0. The van der Waals surface area contributed by atoms with Crippen molar-refractivity contribution in [3.05, 3.63) is 29.8 Å². The molecule has 3 nitrogen and oxygen atoms in total. The topological polar surface area (TPSA) is 32.5 Å². The van der Waals surface area contributed by atoms with Gasteiger partial charge < -0.3 is 10.6 Å². The second kappa shape index (κ2) is 5.07. The number of benzene rings is 1. The van der Waals surface area contributed by atoms with Gasteiger partial charge in [0.25, 0.3) is 0 Å². The average molecular weight is 233 g/mol. The lowest BCUT2D eigenvalue weighted by atomic mass is 10.1. The number of nitrogens with two attached hydrogens (primary N) is 1. The molecular weight excluding hydrogens is 210 g/mol. The fraction of sp³-hybridized carbons (Fsp3) is 0.571. The Hall–Kier alpha value is -1.06. The molecule has 2 unspecified atom stereocenters. The van der Waals surface area contributed by atoms with Gasteiger partial charge in [-0.1, -0.05) is 18.2 Å². The molecule has 1 aliphatic heterocycles. The van der Waals surface area contributed by atoms with Crippen LogP contribution in [0.3, 0.4) is 0 Å². The Bertz CT molecular complexity index is 365. The SMILES string of the molecule is CC1CN(c2ccccc2CN)CC(C)N1C. The zero-order chi connectivity index (χ0) is 12.4. The Morgan fingerprint density at radius 2 is 1.76 bits per heavy atom. The summed E-state index contributed by atoms with van der Waals surface area (Å²) in [5.74, 6) is 0. The van der Waals surface area contributed by atoms with Gasteiger partial charge in [-0.25, -0.2) is 0 Å². The van der Waals surface area contributed by atoms with Crippen LogP contribution in [0.25, 0.3) is 0 Å². The maximum atomic E-state index is 5.82. The third kappa shape index (κ3) is 2.45. The van der Waals surface area contributed by atoms with Crippen molar-refractivity contribution in [1.82, 2.24) is 4.90 Å². The molecule has 3 heteroatoms. The van der Waals surface area contributed by atoms with Crippen molar-refractivity contribution in [2.24, 2.45) is 5.73 Å². The zero-order valence-corrected chi connectivity index (χ0v) is 11.1. The molecule has 2 rings (SSSR count). The summed E-state index contributed by atoms with van der Waals surface area (Å²) in [5, 5.41) is 0. The number of nitrogens with zero attached hydrogens (tertiary/aromatic N) is 2. The smallest absolute Gasteiger partial charge is 0.0412 e. The van der Waals surface area contributed by atoms with Gasteiger partial charge in [0.2, 0.25) is 0 Å². The monoisotopic (exact) mass is 233 g/mol. The van der Waals surface area contributed by atoms with Gasteiger partial charge >= 0.3 is 0 Å². The number of rotatable bonds is 2. The highest BCUT2D eigenvalue weighted by atomic mass is 15.3. The van der Waals surface area contributed by atoms with E-state index in [2.05, 4.69) is 55.0 Å². The van der Waals surface area contributed by atoms with Crippen LogP contribution in [0.15, 0.2) is 24.3 Å². The summed E-state index contributed by atoms with van der Waals surface area (Å²) in [5.41, 5.74) is 8.37. The minimum absolute atomic E-state index is 0.588. The molecule has 0 aromatic heterocycles. The van der Waals surface area contributed by atoms with Gasteiger partial charge in [-0.3, -0.25) is 4.90 Å². The molecular formula is C14H23N3. The standard InChI is InChI=1S/C14H23N3/c1-11-9-17(10-12(2)16(11)3)14-7-5-4-6-13(14)8-15/h4-7,11-12H,8-10,15H2,1-3H3. The van der Waals surface area contributed by atoms with E-state index in [4.69, 9.17) is 5.73 Å². The number of hydrogen-bond donors (Lipinski definition) is 1. The average Bonchev–Trinajstić information content (AvgIpc) is 2.35. The van der Waals surface area contributed by atoms with Gasteiger partial charge in [-0.2, -0.15) is 0 Å². The van der Waals surface area contributed by atoms with Crippen LogP contribution in [0.5, 0.6) is 0 Å². The number of anilines is 1. The van der Waals surface area contributed by atoms with E-state index in [-0.39, 0.29) is 0 Å². The van der Waals surface area contributed by atoms with E-state index in [0.29, 0.717) is 18.6 Å². The van der Waals surface area contributed by atoms with Gasteiger partial charge in [-0.15, -0.1) is 0 Å². The predicted molar refractivity (Wildman–Crippen MR) is 73.2 cm³/mol. The van der Waals surface area contributed by atoms with Crippen LogP contribution in [0.2, 0.25) is 0 Å². The van der Waals surface area contributed by atoms with E-state index >= 15 is 0 Å². The van der Waals surface area contributed by atoms with Crippen molar-refractivity contribution in [3.63, 3.8) is 0 Å². The van der Waals surface area contributed by atoms with Gasteiger partial charge in [0.15, 0.2) is 0 Å². The van der Waals surface area contributed by atoms with Crippen LogP contribution >= 0.6 is 0 Å². The van der Waals surface area contributed by atoms with Crippen LogP contribution in [0.4, 0.5) is 5.69 Å². The number of piperazine rings is 1. The van der Waals surface area contributed by atoms with Crippen molar-refractivity contribution < 1.29 is 0 Å². The van der Waals surface area contributed by atoms with Crippen molar-refractivity contribution >= 4 is 5.69 Å². The lowest BCUT2D eigenvalue weighted by Gasteiger charge is -2.44. The van der Waals surface area contributed by atoms with E-state index in [1.165, 1.54) is 11.3 Å². The number of para-hydroxylation sites is 1. The first-order chi connectivity index (χ1) is 8.13.